The molecule has 0 aliphatic rings. The number of unbranched alkanes of at least 4 members (excludes halogenated alkanes) is 35. The van der Waals surface area contributed by atoms with E-state index >= 15 is 0 Å². The smallest absolute Gasteiger partial charge is 0.305 e. The summed E-state index contributed by atoms with van der Waals surface area (Å²) in [5, 5.41) is 23.2. The van der Waals surface area contributed by atoms with Gasteiger partial charge in [0.2, 0.25) is 5.91 Å². The molecule has 376 valence electrons. The minimum absolute atomic E-state index is 0.0119. The van der Waals surface area contributed by atoms with Crippen molar-refractivity contribution in [1.82, 2.24) is 5.32 Å². The third-order valence-corrected chi connectivity index (χ3v) is 12.9. The fourth-order valence-electron chi connectivity index (χ4n) is 8.53. The van der Waals surface area contributed by atoms with Gasteiger partial charge in [-0.25, -0.2) is 0 Å². The van der Waals surface area contributed by atoms with Crippen molar-refractivity contribution in [3.05, 3.63) is 36.5 Å². The maximum Gasteiger partial charge on any atom is 0.305 e. The Kier molecular flexibility index (Phi) is 52.1. The predicted octanol–water partition coefficient (Wildman–Crippen LogP) is 17.2. The summed E-state index contributed by atoms with van der Waals surface area (Å²) in [7, 11) is 0. The van der Waals surface area contributed by atoms with Crippen LogP contribution in [-0.4, -0.2) is 47.4 Å². The molecule has 0 aromatic heterocycles. The zero-order chi connectivity index (χ0) is 46.5. The topological polar surface area (TPSA) is 95.9 Å². The molecular weight excluding hydrogens is 791 g/mol. The van der Waals surface area contributed by atoms with Crippen LogP contribution >= 0.6 is 0 Å². The first-order valence-electron chi connectivity index (χ1n) is 28.2. The monoisotopic (exact) mass is 900 g/mol. The normalized spacial score (nSPS) is 12.9. The Hall–Kier alpha value is -1.92. The van der Waals surface area contributed by atoms with Crippen LogP contribution in [0.4, 0.5) is 0 Å². The van der Waals surface area contributed by atoms with Crippen LogP contribution in [0.15, 0.2) is 36.5 Å². The van der Waals surface area contributed by atoms with Gasteiger partial charge >= 0.3 is 5.97 Å². The van der Waals surface area contributed by atoms with Gasteiger partial charge in [-0.2, -0.15) is 0 Å². The van der Waals surface area contributed by atoms with E-state index in [1.54, 1.807) is 0 Å². The molecule has 0 bridgehead atoms. The van der Waals surface area contributed by atoms with Crippen LogP contribution in [0, 0.1) is 0 Å². The summed E-state index contributed by atoms with van der Waals surface area (Å²) in [6.45, 7) is 4.89. The molecule has 6 nitrogen and oxygen atoms in total. The molecule has 64 heavy (non-hydrogen) atoms. The van der Waals surface area contributed by atoms with Crippen LogP contribution in [0.3, 0.4) is 0 Å². The minimum Gasteiger partial charge on any atom is -0.466 e. The van der Waals surface area contributed by atoms with Crippen LogP contribution in [0.2, 0.25) is 0 Å². The van der Waals surface area contributed by atoms with Gasteiger partial charge in [0, 0.05) is 12.8 Å². The number of aliphatic hydroxyl groups is 2. The van der Waals surface area contributed by atoms with Gasteiger partial charge in [-0.15, -0.1) is 0 Å². The number of allylic oxidation sites excluding steroid dienone is 6. The summed E-state index contributed by atoms with van der Waals surface area (Å²) in [6.07, 6.45) is 65.5. The largest absolute Gasteiger partial charge is 0.466 e. The maximum atomic E-state index is 12.5. The number of hydrogen-bond donors (Lipinski definition) is 3. The highest BCUT2D eigenvalue weighted by Gasteiger charge is 2.20. The van der Waals surface area contributed by atoms with Gasteiger partial charge < -0.3 is 20.3 Å². The van der Waals surface area contributed by atoms with Gasteiger partial charge in [-0.3, -0.25) is 9.59 Å². The molecule has 0 aliphatic carbocycles. The second kappa shape index (κ2) is 53.7. The molecule has 2 unspecified atom stereocenters. The summed E-state index contributed by atoms with van der Waals surface area (Å²) >= 11 is 0. The lowest BCUT2D eigenvalue weighted by Gasteiger charge is -2.22. The molecule has 0 saturated heterocycles. The van der Waals surface area contributed by atoms with Gasteiger partial charge in [-0.1, -0.05) is 243 Å². The van der Waals surface area contributed by atoms with Crippen molar-refractivity contribution in [2.24, 2.45) is 0 Å². The molecule has 0 saturated carbocycles. The van der Waals surface area contributed by atoms with Gasteiger partial charge in [0.15, 0.2) is 0 Å². The van der Waals surface area contributed by atoms with E-state index in [1.165, 1.54) is 193 Å². The second-order valence-electron chi connectivity index (χ2n) is 19.3. The van der Waals surface area contributed by atoms with Crippen molar-refractivity contribution in [2.45, 2.75) is 309 Å². The molecular formula is C58H109NO5. The second-order valence-corrected chi connectivity index (χ2v) is 19.3. The summed E-state index contributed by atoms with van der Waals surface area (Å²) in [5.74, 6) is -0.0610. The Morgan fingerprint density at radius 2 is 0.797 bits per heavy atom. The number of ether oxygens (including phenoxy) is 1. The Morgan fingerprint density at radius 3 is 1.25 bits per heavy atom. The molecule has 0 aromatic rings. The van der Waals surface area contributed by atoms with E-state index in [-0.39, 0.29) is 18.5 Å². The maximum absolute atomic E-state index is 12.5. The fraction of sp³-hybridized carbons (Fsp3) is 0.862. The Morgan fingerprint density at radius 1 is 0.438 bits per heavy atom. The van der Waals surface area contributed by atoms with E-state index in [0.717, 1.165) is 70.6 Å². The fourth-order valence-corrected chi connectivity index (χ4v) is 8.53. The third kappa shape index (κ3) is 49.5. The molecule has 0 radical (unpaired) electrons. The van der Waals surface area contributed by atoms with Crippen molar-refractivity contribution < 1.29 is 24.5 Å². The lowest BCUT2D eigenvalue weighted by atomic mass is 10.0. The lowest BCUT2D eigenvalue weighted by Crippen LogP contribution is -2.45. The zero-order valence-electron chi connectivity index (χ0n) is 42.8. The van der Waals surface area contributed by atoms with Crippen molar-refractivity contribution in [2.75, 3.05) is 13.2 Å². The zero-order valence-corrected chi connectivity index (χ0v) is 42.8. The van der Waals surface area contributed by atoms with E-state index in [1.807, 2.05) is 0 Å². The van der Waals surface area contributed by atoms with Gasteiger partial charge in [0.05, 0.1) is 25.4 Å². The first-order valence-corrected chi connectivity index (χ1v) is 28.2. The van der Waals surface area contributed by atoms with Crippen molar-refractivity contribution in [3.8, 4) is 0 Å². The number of carbonyl (C=O) groups excluding carboxylic acids is 2. The number of carbonyl (C=O) groups is 2. The number of nitrogens with one attached hydrogen (secondary N) is 1. The van der Waals surface area contributed by atoms with E-state index < -0.39 is 12.1 Å². The molecule has 2 atom stereocenters. The minimum atomic E-state index is -0.673. The molecule has 0 heterocycles. The molecule has 0 fully saturated rings. The molecule has 6 heteroatoms. The van der Waals surface area contributed by atoms with Crippen LogP contribution < -0.4 is 5.32 Å². The van der Waals surface area contributed by atoms with Crippen LogP contribution in [-0.2, 0) is 14.3 Å². The van der Waals surface area contributed by atoms with Crippen LogP contribution in [0.25, 0.3) is 0 Å². The average Bonchev–Trinajstić information content (AvgIpc) is 3.29. The van der Waals surface area contributed by atoms with Gasteiger partial charge in [0.25, 0.3) is 0 Å². The number of aliphatic hydroxyl groups excluding tert-OH is 2. The number of hydrogen-bond acceptors (Lipinski definition) is 5. The SMILES string of the molecule is CCCC/C=C\C/C=C\CCCCCCCC(=O)OCCCCCCCCCCC/C=C\CCCCCCCC(=O)NC(CO)C(O)CCCCCCCCCCCCCCCCC. The summed E-state index contributed by atoms with van der Waals surface area (Å²) < 4.78 is 5.46. The van der Waals surface area contributed by atoms with Crippen LogP contribution in [0.5, 0.6) is 0 Å². The standard InChI is InChI=1S/C58H109NO5/c1-3-5-7-9-11-13-15-17-23-26-30-34-38-42-46-50-56(61)55(54-60)59-57(62)51-47-43-39-35-31-27-24-21-19-20-22-25-29-33-37-41-45-49-53-64-58(63)52-48-44-40-36-32-28-18-16-14-12-10-8-6-4-2/h10,12,16,18,21,24,55-56,60-61H,3-9,11,13-15,17,19-20,22-23,25-54H2,1-2H3,(H,59,62)/b12-10-,18-16-,24-21-. The predicted molar refractivity (Wildman–Crippen MR) is 278 cm³/mol. The molecule has 0 aromatic carbocycles. The number of amides is 1. The van der Waals surface area contributed by atoms with Crippen molar-refractivity contribution in [1.29, 1.82) is 0 Å². The van der Waals surface area contributed by atoms with Gasteiger partial charge in [0.1, 0.15) is 0 Å². The molecule has 3 N–H and O–H groups in total. The highest BCUT2D eigenvalue weighted by Crippen LogP contribution is 2.16. The lowest BCUT2D eigenvalue weighted by molar-refractivity contribution is -0.143. The Balaban J connectivity index is 3.46. The summed E-state index contributed by atoms with van der Waals surface area (Å²) in [5.41, 5.74) is 0. The summed E-state index contributed by atoms with van der Waals surface area (Å²) in [6, 6.07) is -0.552. The first-order chi connectivity index (χ1) is 31.5. The van der Waals surface area contributed by atoms with E-state index in [4.69, 9.17) is 4.74 Å². The van der Waals surface area contributed by atoms with E-state index in [2.05, 4.69) is 55.6 Å². The van der Waals surface area contributed by atoms with Crippen LogP contribution in [0.1, 0.15) is 296 Å². The molecule has 0 spiro atoms. The highest BCUT2D eigenvalue weighted by molar-refractivity contribution is 5.76. The van der Waals surface area contributed by atoms with E-state index in [0.29, 0.717) is 25.9 Å². The van der Waals surface area contributed by atoms with Crippen molar-refractivity contribution >= 4 is 11.9 Å². The highest BCUT2D eigenvalue weighted by atomic mass is 16.5. The summed E-state index contributed by atoms with van der Waals surface area (Å²) in [4.78, 5) is 24.5. The number of esters is 1. The molecule has 0 aliphatic heterocycles. The quantitative estimate of drug-likeness (QED) is 0.0321. The average molecular weight is 901 g/mol. The third-order valence-electron chi connectivity index (χ3n) is 12.9. The molecule has 0 rings (SSSR count). The molecule has 1 amide bonds. The van der Waals surface area contributed by atoms with Gasteiger partial charge in [-0.05, 0) is 77.0 Å². The Bertz CT molecular complexity index is 1040. The van der Waals surface area contributed by atoms with E-state index in [9.17, 15) is 19.8 Å². The number of rotatable bonds is 52. The van der Waals surface area contributed by atoms with Crippen molar-refractivity contribution in [3.63, 3.8) is 0 Å². The Labute approximate surface area is 398 Å². The first kappa shape index (κ1) is 62.1.